The molecule has 0 amide bonds. The number of benzene rings is 1. The van der Waals surface area contributed by atoms with E-state index in [1.165, 1.54) is 25.1 Å². The monoisotopic (exact) mass is 268 g/mol. The van der Waals surface area contributed by atoms with Crippen molar-refractivity contribution in [3.8, 4) is 5.69 Å². The first-order chi connectivity index (χ1) is 9.92. The van der Waals surface area contributed by atoms with Gasteiger partial charge in [-0.05, 0) is 37.4 Å². The molecule has 0 saturated carbocycles. The number of hydrogen-bond donors (Lipinski definition) is 1. The Morgan fingerprint density at radius 2 is 2.05 bits per heavy atom. The van der Waals surface area contributed by atoms with Crippen LogP contribution in [0, 0.1) is 5.92 Å². The quantitative estimate of drug-likeness (QED) is 0.905. The van der Waals surface area contributed by atoms with Gasteiger partial charge in [0, 0.05) is 37.2 Å². The molecule has 20 heavy (non-hydrogen) atoms. The van der Waals surface area contributed by atoms with Crippen LogP contribution in [-0.4, -0.2) is 35.2 Å². The zero-order chi connectivity index (χ0) is 13.4. The Hall–Kier alpha value is -1.81. The number of fused-ring (bicyclic) bond motifs is 1. The van der Waals surface area contributed by atoms with Crippen molar-refractivity contribution < 1.29 is 0 Å². The molecule has 4 nitrogen and oxygen atoms in total. The van der Waals surface area contributed by atoms with Crippen LogP contribution in [0.4, 0.5) is 5.95 Å². The van der Waals surface area contributed by atoms with Gasteiger partial charge in [0.2, 0.25) is 5.95 Å². The Morgan fingerprint density at radius 3 is 2.90 bits per heavy atom. The minimum Gasteiger partial charge on any atom is -0.340 e. The van der Waals surface area contributed by atoms with Gasteiger partial charge in [0.15, 0.2) is 0 Å². The summed E-state index contributed by atoms with van der Waals surface area (Å²) in [6, 6.07) is 11.1. The maximum atomic E-state index is 4.59. The third kappa shape index (κ3) is 2.00. The summed E-state index contributed by atoms with van der Waals surface area (Å²) >= 11 is 0. The van der Waals surface area contributed by atoms with Gasteiger partial charge in [0.05, 0.1) is 0 Å². The molecular formula is C16H20N4. The molecule has 1 aromatic heterocycles. The lowest BCUT2D eigenvalue weighted by Gasteiger charge is -2.24. The number of nitrogens with one attached hydrogen (secondary N) is 1. The van der Waals surface area contributed by atoms with Crippen molar-refractivity contribution in [1.29, 1.82) is 0 Å². The second-order valence-corrected chi connectivity index (χ2v) is 5.80. The summed E-state index contributed by atoms with van der Waals surface area (Å²) in [5, 5.41) is 3.65. The van der Waals surface area contributed by atoms with Gasteiger partial charge >= 0.3 is 0 Å². The Labute approximate surface area is 119 Å². The van der Waals surface area contributed by atoms with E-state index in [4.69, 9.17) is 0 Å². The number of rotatable bonds is 2. The van der Waals surface area contributed by atoms with E-state index in [0.29, 0.717) is 6.04 Å². The van der Waals surface area contributed by atoms with Gasteiger partial charge in [-0.2, -0.15) is 0 Å². The molecule has 0 unspecified atom stereocenters. The second kappa shape index (κ2) is 4.94. The summed E-state index contributed by atoms with van der Waals surface area (Å²) in [6.45, 7) is 3.37. The van der Waals surface area contributed by atoms with E-state index < -0.39 is 0 Å². The molecule has 0 spiro atoms. The predicted molar refractivity (Wildman–Crippen MR) is 80.3 cm³/mol. The number of piperidine rings is 1. The third-order valence-corrected chi connectivity index (χ3v) is 4.54. The Morgan fingerprint density at radius 1 is 1.15 bits per heavy atom. The Kier molecular flexibility index (Phi) is 2.96. The van der Waals surface area contributed by atoms with Crippen molar-refractivity contribution in [1.82, 2.24) is 14.9 Å². The van der Waals surface area contributed by atoms with Gasteiger partial charge in [-0.1, -0.05) is 18.2 Å². The lowest BCUT2D eigenvalue weighted by atomic mass is 9.94. The van der Waals surface area contributed by atoms with Crippen LogP contribution in [0.15, 0.2) is 42.7 Å². The van der Waals surface area contributed by atoms with E-state index >= 15 is 0 Å². The minimum atomic E-state index is 0.643. The molecule has 104 valence electrons. The molecule has 0 aliphatic carbocycles. The van der Waals surface area contributed by atoms with E-state index in [0.717, 1.165) is 25.0 Å². The zero-order valence-corrected chi connectivity index (χ0v) is 11.6. The first-order valence-electron chi connectivity index (χ1n) is 7.49. The molecule has 2 atom stereocenters. The van der Waals surface area contributed by atoms with Gasteiger partial charge in [-0.15, -0.1) is 0 Å². The van der Waals surface area contributed by atoms with Crippen molar-refractivity contribution in [3.05, 3.63) is 42.7 Å². The summed E-state index contributed by atoms with van der Waals surface area (Å²) in [7, 11) is 0. The fourth-order valence-corrected chi connectivity index (χ4v) is 3.53. The molecule has 4 heteroatoms. The van der Waals surface area contributed by atoms with Gasteiger partial charge in [0.25, 0.3) is 0 Å². The van der Waals surface area contributed by atoms with Crippen molar-refractivity contribution in [2.24, 2.45) is 5.92 Å². The predicted octanol–water partition coefficient (Wildman–Crippen LogP) is 2.06. The SMILES string of the molecule is c1ccc(-n2ccnc2N2C[C@@H]3CCCN[C@@H]3C2)cc1. The topological polar surface area (TPSA) is 33.1 Å². The van der Waals surface area contributed by atoms with Crippen LogP contribution in [-0.2, 0) is 0 Å². The smallest absolute Gasteiger partial charge is 0.210 e. The van der Waals surface area contributed by atoms with Crippen LogP contribution in [0.1, 0.15) is 12.8 Å². The molecule has 3 heterocycles. The van der Waals surface area contributed by atoms with Crippen LogP contribution >= 0.6 is 0 Å². The molecule has 2 aromatic rings. The van der Waals surface area contributed by atoms with Gasteiger partial charge < -0.3 is 10.2 Å². The van der Waals surface area contributed by atoms with Gasteiger partial charge in [-0.3, -0.25) is 4.57 Å². The first kappa shape index (κ1) is 12.0. The van der Waals surface area contributed by atoms with E-state index in [2.05, 4.69) is 56.3 Å². The summed E-state index contributed by atoms with van der Waals surface area (Å²) in [6.07, 6.45) is 6.61. The standard InChI is InChI=1S/C16H20N4/c1-2-6-14(7-3-1)20-10-9-18-16(20)19-11-13-5-4-8-17-15(13)12-19/h1-3,6-7,9-10,13,15,17H,4-5,8,11-12H2/t13-,15+/m0/s1. The van der Waals surface area contributed by atoms with Crippen LogP contribution in [0.5, 0.6) is 0 Å². The summed E-state index contributed by atoms with van der Waals surface area (Å²) in [4.78, 5) is 7.02. The Bertz CT molecular complexity index is 563. The fourth-order valence-electron chi connectivity index (χ4n) is 3.53. The second-order valence-electron chi connectivity index (χ2n) is 5.80. The lowest BCUT2D eigenvalue weighted by Crippen LogP contribution is -2.40. The summed E-state index contributed by atoms with van der Waals surface area (Å²) in [5.74, 6) is 1.86. The van der Waals surface area contributed by atoms with Crippen molar-refractivity contribution >= 4 is 5.95 Å². The highest BCUT2D eigenvalue weighted by molar-refractivity contribution is 5.44. The molecule has 2 aliphatic heterocycles. The first-order valence-corrected chi connectivity index (χ1v) is 7.49. The van der Waals surface area contributed by atoms with Crippen LogP contribution in [0.25, 0.3) is 5.69 Å². The van der Waals surface area contributed by atoms with Crippen LogP contribution in [0.3, 0.4) is 0 Å². The van der Waals surface area contributed by atoms with Crippen molar-refractivity contribution in [3.63, 3.8) is 0 Å². The number of nitrogens with zero attached hydrogens (tertiary/aromatic N) is 3. The van der Waals surface area contributed by atoms with E-state index in [1.54, 1.807) is 0 Å². The average molecular weight is 268 g/mol. The number of imidazole rings is 1. The van der Waals surface area contributed by atoms with E-state index in [9.17, 15) is 0 Å². The molecule has 2 aliphatic rings. The lowest BCUT2D eigenvalue weighted by molar-refractivity contribution is 0.340. The zero-order valence-electron chi connectivity index (χ0n) is 11.6. The normalized spacial score (nSPS) is 25.7. The molecule has 0 radical (unpaired) electrons. The minimum absolute atomic E-state index is 0.643. The number of hydrogen-bond acceptors (Lipinski definition) is 3. The highest BCUT2D eigenvalue weighted by Gasteiger charge is 2.35. The van der Waals surface area contributed by atoms with Crippen molar-refractivity contribution in [2.75, 3.05) is 24.5 Å². The summed E-state index contributed by atoms with van der Waals surface area (Å²) in [5.41, 5.74) is 1.18. The van der Waals surface area contributed by atoms with E-state index in [-0.39, 0.29) is 0 Å². The average Bonchev–Trinajstić information content (AvgIpc) is 3.14. The van der Waals surface area contributed by atoms with Crippen molar-refractivity contribution in [2.45, 2.75) is 18.9 Å². The van der Waals surface area contributed by atoms with Gasteiger partial charge in [0.1, 0.15) is 0 Å². The largest absolute Gasteiger partial charge is 0.340 e. The molecular weight excluding hydrogens is 248 g/mol. The number of aromatic nitrogens is 2. The highest BCUT2D eigenvalue weighted by atomic mass is 15.3. The maximum Gasteiger partial charge on any atom is 0.210 e. The molecule has 1 aromatic carbocycles. The van der Waals surface area contributed by atoms with E-state index in [1.807, 2.05) is 6.20 Å². The summed E-state index contributed by atoms with van der Waals surface area (Å²) < 4.78 is 2.19. The van der Waals surface area contributed by atoms with Crippen LogP contribution in [0.2, 0.25) is 0 Å². The fraction of sp³-hybridized carbons (Fsp3) is 0.438. The van der Waals surface area contributed by atoms with Crippen LogP contribution < -0.4 is 10.2 Å². The molecule has 2 fully saturated rings. The molecule has 4 rings (SSSR count). The molecule has 2 saturated heterocycles. The highest BCUT2D eigenvalue weighted by Crippen LogP contribution is 2.29. The van der Waals surface area contributed by atoms with Gasteiger partial charge in [-0.25, -0.2) is 4.98 Å². The molecule has 0 bridgehead atoms. The Balaban J connectivity index is 1.62. The maximum absolute atomic E-state index is 4.59. The third-order valence-electron chi connectivity index (χ3n) is 4.54. The number of para-hydroxylation sites is 1. The number of anilines is 1. The molecule has 1 N–H and O–H groups in total.